The lowest BCUT2D eigenvalue weighted by atomic mass is 10.1. The van der Waals surface area contributed by atoms with Gasteiger partial charge >= 0.3 is 0 Å². The number of rotatable bonds is 5. The maximum absolute atomic E-state index is 12.2. The van der Waals surface area contributed by atoms with Crippen LogP contribution in [0.2, 0.25) is 0 Å². The van der Waals surface area contributed by atoms with Gasteiger partial charge in [0, 0.05) is 26.2 Å². The van der Waals surface area contributed by atoms with Crippen molar-refractivity contribution in [1.82, 2.24) is 19.6 Å². The molecule has 0 aliphatic heterocycles. The van der Waals surface area contributed by atoms with Gasteiger partial charge in [0.1, 0.15) is 5.69 Å². The average Bonchev–Trinajstić information content (AvgIpc) is 2.95. The Morgan fingerprint density at radius 1 is 1.39 bits per heavy atom. The highest BCUT2D eigenvalue weighted by atomic mass is 16.1. The summed E-state index contributed by atoms with van der Waals surface area (Å²) in [5.74, 6) is 0.0837. The molecule has 0 aromatic carbocycles. The summed E-state index contributed by atoms with van der Waals surface area (Å²) in [6.07, 6.45) is 4.88. The number of hydrogen-bond donors (Lipinski definition) is 0. The summed E-state index contributed by atoms with van der Waals surface area (Å²) in [5.41, 5.74) is 2.56. The molecule has 0 saturated carbocycles. The van der Waals surface area contributed by atoms with Gasteiger partial charge in [0.15, 0.2) is 5.78 Å². The molecule has 0 amide bonds. The number of aromatic nitrogens is 4. The molecule has 5 heteroatoms. The lowest BCUT2D eigenvalue weighted by Crippen LogP contribution is -2.09. The van der Waals surface area contributed by atoms with E-state index in [0.717, 1.165) is 24.2 Å². The van der Waals surface area contributed by atoms with E-state index in [1.165, 1.54) is 0 Å². The van der Waals surface area contributed by atoms with E-state index in [2.05, 4.69) is 10.2 Å². The summed E-state index contributed by atoms with van der Waals surface area (Å²) < 4.78 is 3.48. The normalized spacial score (nSPS) is 10.8. The number of carbonyl (C=O) groups excluding carboxylic acids is 1. The predicted molar refractivity (Wildman–Crippen MR) is 68.5 cm³/mol. The van der Waals surface area contributed by atoms with E-state index in [0.29, 0.717) is 12.1 Å². The quantitative estimate of drug-likeness (QED) is 0.753. The molecule has 0 radical (unpaired) electrons. The first-order chi connectivity index (χ1) is 8.63. The molecule has 2 aromatic rings. The van der Waals surface area contributed by atoms with Crippen LogP contribution in [-0.2, 0) is 26.4 Å². The van der Waals surface area contributed by atoms with Crippen LogP contribution in [0.15, 0.2) is 18.5 Å². The van der Waals surface area contributed by atoms with Gasteiger partial charge in [0.05, 0.1) is 11.9 Å². The van der Waals surface area contributed by atoms with Gasteiger partial charge in [-0.25, -0.2) is 0 Å². The Labute approximate surface area is 106 Å². The molecular weight excluding hydrogens is 228 g/mol. The highest BCUT2D eigenvalue weighted by molar-refractivity contribution is 5.96. The second-order valence-electron chi connectivity index (χ2n) is 4.30. The Morgan fingerprint density at radius 2 is 2.17 bits per heavy atom. The minimum Gasteiger partial charge on any atom is -0.292 e. The lowest BCUT2D eigenvalue weighted by Gasteiger charge is -1.99. The molecule has 0 atom stereocenters. The molecule has 96 valence electrons. The van der Waals surface area contributed by atoms with Crippen molar-refractivity contribution in [2.45, 2.75) is 33.2 Å². The number of Topliss-reactive ketones (excluding diaryl/α,β-unsaturated/α-hetero) is 1. The molecule has 0 saturated heterocycles. The summed E-state index contributed by atoms with van der Waals surface area (Å²) in [6, 6.07) is 1.87. The first kappa shape index (κ1) is 12.5. The molecule has 2 rings (SSSR count). The van der Waals surface area contributed by atoms with Crippen LogP contribution in [0.4, 0.5) is 0 Å². The first-order valence-corrected chi connectivity index (χ1v) is 6.21. The molecule has 0 spiro atoms. The predicted octanol–water partition coefficient (Wildman–Crippen LogP) is 1.62. The smallest absolute Gasteiger partial charge is 0.185 e. The molecular formula is C13H18N4O. The average molecular weight is 246 g/mol. The van der Waals surface area contributed by atoms with Crippen LogP contribution < -0.4 is 0 Å². The zero-order chi connectivity index (χ0) is 13.1. The summed E-state index contributed by atoms with van der Waals surface area (Å²) >= 11 is 0. The van der Waals surface area contributed by atoms with Gasteiger partial charge in [0.2, 0.25) is 0 Å². The van der Waals surface area contributed by atoms with Crippen molar-refractivity contribution in [2.75, 3.05) is 0 Å². The van der Waals surface area contributed by atoms with E-state index in [1.54, 1.807) is 10.9 Å². The molecule has 0 bridgehead atoms. The molecule has 0 unspecified atom stereocenters. The van der Waals surface area contributed by atoms with Gasteiger partial charge in [-0.15, -0.1) is 0 Å². The first-order valence-electron chi connectivity index (χ1n) is 6.21. The van der Waals surface area contributed by atoms with E-state index < -0.39 is 0 Å². The third-order valence-corrected chi connectivity index (χ3v) is 2.95. The van der Waals surface area contributed by atoms with E-state index >= 15 is 0 Å². The number of carbonyl (C=O) groups is 1. The van der Waals surface area contributed by atoms with E-state index in [9.17, 15) is 4.79 Å². The van der Waals surface area contributed by atoms with Crippen molar-refractivity contribution in [2.24, 2.45) is 7.05 Å². The minimum absolute atomic E-state index is 0.0837. The summed E-state index contributed by atoms with van der Waals surface area (Å²) in [6.45, 7) is 4.87. The van der Waals surface area contributed by atoms with Crippen LogP contribution in [0, 0.1) is 0 Å². The number of hydrogen-bond acceptors (Lipinski definition) is 3. The van der Waals surface area contributed by atoms with Crippen molar-refractivity contribution < 1.29 is 4.79 Å². The van der Waals surface area contributed by atoms with Gasteiger partial charge < -0.3 is 0 Å². The number of nitrogens with zero attached hydrogens (tertiary/aromatic N) is 4. The minimum atomic E-state index is 0.0837. The Morgan fingerprint density at radius 3 is 2.72 bits per heavy atom. The Kier molecular flexibility index (Phi) is 3.60. The zero-order valence-electron chi connectivity index (χ0n) is 11.1. The largest absolute Gasteiger partial charge is 0.292 e. The Hall–Kier alpha value is -1.91. The Bertz CT molecular complexity index is 553. The van der Waals surface area contributed by atoms with E-state index in [4.69, 9.17) is 0 Å². The number of aryl methyl sites for hydroxylation is 3. The number of ketones is 1. The third-order valence-electron chi connectivity index (χ3n) is 2.95. The SMILES string of the molecule is CCc1cc(C(=O)Cc2cnn(CC)c2)n(C)n1. The molecule has 0 aliphatic carbocycles. The molecule has 18 heavy (non-hydrogen) atoms. The van der Waals surface area contributed by atoms with Gasteiger partial charge in [-0.05, 0) is 25.0 Å². The van der Waals surface area contributed by atoms with Crippen LogP contribution in [0.25, 0.3) is 0 Å². The monoisotopic (exact) mass is 246 g/mol. The summed E-state index contributed by atoms with van der Waals surface area (Å²) in [4.78, 5) is 12.2. The van der Waals surface area contributed by atoms with Crippen molar-refractivity contribution in [3.63, 3.8) is 0 Å². The van der Waals surface area contributed by atoms with Crippen LogP contribution in [0.5, 0.6) is 0 Å². The third kappa shape index (κ3) is 2.50. The zero-order valence-corrected chi connectivity index (χ0v) is 11.1. The van der Waals surface area contributed by atoms with Gasteiger partial charge in [-0.2, -0.15) is 10.2 Å². The highest BCUT2D eigenvalue weighted by Gasteiger charge is 2.14. The van der Waals surface area contributed by atoms with Crippen molar-refractivity contribution in [1.29, 1.82) is 0 Å². The summed E-state index contributed by atoms with van der Waals surface area (Å²) in [5, 5.41) is 8.46. The molecule has 0 fully saturated rings. The maximum Gasteiger partial charge on any atom is 0.185 e. The van der Waals surface area contributed by atoms with Gasteiger partial charge in [-0.3, -0.25) is 14.2 Å². The summed E-state index contributed by atoms with van der Waals surface area (Å²) in [7, 11) is 1.81. The van der Waals surface area contributed by atoms with Crippen LogP contribution in [-0.4, -0.2) is 25.3 Å². The van der Waals surface area contributed by atoms with Crippen molar-refractivity contribution >= 4 is 5.78 Å². The fourth-order valence-electron chi connectivity index (χ4n) is 1.91. The standard InChI is InChI=1S/C13H18N4O/c1-4-11-7-12(16(3)15-11)13(18)6-10-8-14-17(5-2)9-10/h7-9H,4-6H2,1-3H3. The second-order valence-corrected chi connectivity index (χ2v) is 4.30. The van der Waals surface area contributed by atoms with Crippen LogP contribution in [0.3, 0.4) is 0 Å². The van der Waals surface area contributed by atoms with Gasteiger partial charge in [-0.1, -0.05) is 6.92 Å². The maximum atomic E-state index is 12.2. The lowest BCUT2D eigenvalue weighted by molar-refractivity contribution is 0.0984. The van der Waals surface area contributed by atoms with Crippen LogP contribution in [0.1, 0.15) is 35.6 Å². The fourth-order valence-corrected chi connectivity index (χ4v) is 1.91. The van der Waals surface area contributed by atoms with Gasteiger partial charge in [0.25, 0.3) is 0 Å². The van der Waals surface area contributed by atoms with Crippen LogP contribution >= 0.6 is 0 Å². The topological polar surface area (TPSA) is 52.7 Å². The molecule has 2 heterocycles. The molecule has 5 nitrogen and oxygen atoms in total. The van der Waals surface area contributed by atoms with E-state index in [-0.39, 0.29) is 5.78 Å². The molecule has 0 N–H and O–H groups in total. The fraction of sp³-hybridized carbons (Fsp3) is 0.462. The van der Waals surface area contributed by atoms with E-state index in [1.807, 2.05) is 37.8 Å². The second kappa shape index (κ2) is 5.16. The van der Waals surface area contributed by atoms with Crippen molar-refractivity contribution in [3.05, 3.63) is 35.4 Å². The van der Waals surface area contributed by atoms with Crippen molar-refractivity contribution in [3.8, 4) is 0 Å². The molecule has 2 aromatic heterocycles. The molecule has 0 aliphatic rings. The highest BCUT2D eigenvalue weighted by Crippen LogP contribution is 2.09. The Balaban J connectivity index is 2.13.